The molecule has 118 valence electrons. The van der Waals surface area contributed by atoms with Gasteiger partial charge in [-0.3, -0.25) is 0 Å². The van der Waals surface area contributed by atoms with Gasteiger partial charge in [-0.25, -0.2) is 0 Å². The molecule has 0 heterocycles. The first-order chi connectivity index (χ1) is 10.7. The van der Waals surface area contributed by atoms with E-state index < -0.39 is 0 Å². The van der Waals surface area contributed by atoms with E-state index in [4.69, 9.17) is 9.47 Å². The minimum Gasteiger partial charge on any atom is -0.497 e. The van der Waals surface area contributed by atoms with Gasteiger partial charge in [0.05, 0.1) is 13.7 Å². The molecule has 0 aliphatic rings. The minimum atomic E-state index is 0.381. The summed E-state index contributed by atoms with van der Waals surface area (Å²) >= 11 is 0. The standard InChI is InChI=1S/C19H25NO2/c1-20(2)19(17-9-5-4-6-10-17)12-13-22-15-16-8-7-11-18(14-16)21-3/h4-11,14,19H,12-13,15H2,1-3H3. The van der Waals surface area contributed by atoms with Gasteiger partial charge in [0.25, 0.3) is 0 Å². The topological polar surface area (TPSA) is 21.7 Å². The lowest BCUT2D eigenvalue weighted by molar-refractivity contribution is 0.0984. The molecule has 1 unspecified atom stereocenters. The van der Waals surface area contributed by atoms with E-state index in [0.717, 1.165) is 24.3 Å². The minimum absolute atomic E-state index is 0.381. The van der Waals surface area contributed by atoms with Gasteiger partial charge >= 0.3 is 0 Å². The van der Waals surface area contributed by atoms with Gasteiger partial charge in [-0.15, -0.1) is 0 Å². The van der Waals surface area contributed by atoms with Crippen molar-refractivity contribution in [1.29, 1.82) is 0 Å². The highest BCUT2D eigenvalue weighted by molar-refractivity contribution is 5.27. The molecule has 0 amide bonds. The number of ether oxygens (including phenoxy) is 2. The van der Waals surface area contributed by atoms with Crippen LogP contribution in [-0.2, 0) is 11.3 Å². The van der Waals surface area contributed by atoms with Crippen LogP contribution in [0.5, 0.6) is 5.75 Å². The number of benzene rings is 2. The zero-order chi connectivity index (χ0) is 15.8. The second kappa shape index (κ2) is 8.57. The first-order valence-corrected chi connectivity index (χ1v) is 7.62. The third-order valence-electron chi connectivity index (χ3n) is 3.75. The van der Waals surface area contributed by atoms with Crippen LogP contribution >= 0.6 is 0 Å². The monoisotopic (exact) mass is 299 g/mol. The maximum atomic E-state index is 5.84. The van der Waals surface area contributed by atoms with Gasteiger partial charge in [-0.05, 0) is 43.8 Å². The van der Waals surface area contributed by atoms with Gasteiger partial charge in [0.15, 0.2) is 0 Å². The lowest BCUT2D eigenvalue weighted by atomic mass is 10.0. The van der Waals surface area contributed by atoms with Crippen LogP contribution in [0.25, 0.3) is 0 Å². The Labute approximate surface area is 133 Å². The average Bonchev–Trinajstić information content (AvgIpc) is 2.55. The van der Waals surface area contributed by atoms with Crippen molar-refractivity contribution in [3.05, 3.63) is 65.7 Å². The van der Waals surface area contributed by atoms with Crippen LogP contribution in [-0.4, -0.2) is 32.7 Å². The summed E-state index contributed by atoms with van der Waals surface area (Å²) in [6.07, 6.45) is 0.973. The van der Waals surface area contributed by atoms with Crippen molar-refractivity contribution in [3.63, 3.8) is 0 Å². The summed E-state index contributed by atoms with van der Waals surface area (Å²) in [5.41, 5.74) is 2.47. The molecule has 0 radical (unpaired) electrons. The zero-order valence-electron chi connectivity index (χ0n) is 13.7. The Balaban J connectivity index is 1.83. The predicted molar refractivity (Wildman–Crippen MR) is 90.1 cm³/mol. The summed E-state index contributed by atoms with van der Waals surface area (Å²) in [7, 11) is 5.90. The van der Waals surface area contributed by atoms with E-state index in [1.165, 1.54) is 5.56 Å². The fraction of sp³-hybridized carbons (Fsp3) is 0.368. The highest BCUT2D eigenvalue weighted by Gasteiger charge is 2.13. The molecule has 2 aromatic rings. The molecule has 0 spiro atoms. The van der Waals surface area contributed by atoms with Crippen molar-refractivity contribution in [2.75, 3.05) is 27.8 Å². The SMILES string of the molecule is COc1cccc(COCCC(c2ccccc2)N(C)C)c1. The van der Waals surface area contributed by atoms with Crippen molar-refractivity contribution in [1.82, 2.24) is 4.90 Å². The molecule has 0 aromatic heterocycles. The third kappa shape index (κ3) is 4.86. The summed E-state index contributed by atoms with van der Waals surface area (Å²) < 4.78 is 11.1. The Morgan fingerprint density at radius 2 is 1.77 bits per heavy atom. The van der Waals surface area contributed by atoms with Crippen LogP contribution in [0.3, 0.4) is 0 Å². The Bertz CT molecular complexity index is 554. The lowest BCUT2D eigenvalue weighted by Crippen LogP contribution is -2.21. The number of nitrogens with zero attached hydrogens (tertiary/aromatic N) is 1. The predicted octanol–water partition coefficient (Wildman–Crippen LogP) is 3.90. The van der Waals surface area contributed by atoms with E-state index in [9.17, 15) is 0 Å². The molecule has 0 N–H and O–H groups in total. The van der Waals surface area contributed by atoms with E-state index >= 15 is 0 Å². The largest absolute Gasteiger partial charge is 0.497 e. The molecule has 2 aromatic carbocycles. The maximum absolute atomic E-state index is 5.84. The van der Waals surface area contributed by atoms with Crippen molar-refractivity contribution in [3.8, 4) is 5.75 Å². The molecule has 0 fully saturated rings. The molecule has 3 heteroatoms. The molecular weight excluding hydrogens is 274 g/mol. The number of hydrogen-bond acceptors (Lipinski definition) is 3. The second-order valence-electron chi connectivity index (χ2n) is 5.58. The quantitative estimate of drug-likeness (QED) is 0.690. The number of hydrogen-bond donors (Lipinski definition) is 0. The summed E-state index contributed by atoms with van der Waals surface area (Å²) in [4.78, 5) is 2.24. The van der Waals surface area contributed by atoms with Gasteiger partial charge in [-0.1, -0.05) is 42.5 Å². The molecule has 0 bridgehead atoms. The molecule has 2 rings (SSSR count). The van der Waals surface area contributed by atoms with E-state index in [1.54, 1.807) is 7.11 Å². The van der Waals surface area contributed by atoms with Crippen molar-refractivity contribution >= 4 is 0 Å². The molecule has 3 nitrogen and oxygen atoms in total. The maximum Gasteiger partial charge on any atom is 0.119 e. The molecule has 22 heavy (non-hydrogen) atoms. The Kier molecular flexibility index (Phi) is 6.44. The van der Waals surface area contributed by atoms with Gasteiger partial charge in [0.1, 0.15) is 5.75 Å². The van der Waals surface area contributed by atoms with E-state index in [0.29, 0.717) is 12.6 Å². The van der Waals surface area contributed by atoms with Gasteiger partial charge in [-0.2, -0.15) is 0 Å². The highest BCUT2D eigenvalue weighted by atomic mass is 16.5. The average molecular weight is 299 g/mol. The van der Waals surface area contributed by atoms with Crippen LogP contribution in [0.15, 0.2) is 54.6 Å². The Morgan fingerprint density at radius 3 is 2.45 bits per heavy atom. The van der Waals surface area contributed by atoms with E-state index in [1.807, 2.05) is 18.2 Å². The lowest BCUT2D eigenvalue weighted by Gasteiger charge is -2.24. The van der Waals surface area contributed by atoms with Crippen LogP contribution in [0.4, 0.5) is 0 Å². The summed E-state index contributed by atoms with van der Waals surface area (Å²) in [6.45, 7) is 1.35. The first kappa shape index (κ1) is 16.5. The van der Waals surface area contributed by atoms with Crippen LogP contribution < -0.4 is 4.74 Å². The number of methoxy groups -OCH3 is 1. The van der Waals surface area contributed by atoms with E-state index in [2.05, 4.69) is 55.4 Å². The fourth-order valence-corrected chi connectivity index (χ4v) is 2.55. The molecule has 0 aliphatic heterocycles. The van der Waals surface area contributed by atoms with Crippen molar-refractivity contribution < 1.29 is 9.47 Å². The second-order valence-corrected chi connectivity index (χ2v) is 5.58. The molecule has 1 atom stereocenters. The summed E-state index contributed by atoms with van der Waals surface area (Å²) in [6, 6.07) is 19.0. The van der Waals surface area contributed by atoms with E-state index in [-0.39, 0.29) is 0 Å². The Hall–Kier alpha value is -1.84. The van der Waals surface area contributed by atoms with Crippen LogP contribution in [0.1, 0.15) is 23.6 Å². The normalized spacial score (nSPS) is 12.4. The molecule has 0 aliphatic carbocycles. The first-order valence-electron chi connectivity index (χ1n) is 7.62. The smallest absolute Gasteiger partial charge is 0.119 e. The van der Waals surface area contributed by atoms with Crippen LogP contribution in [0.2, 0.25) is 0 Å². The highest BCUT2D eigenvalue weighted by Crippen LogP contribution is 2.22. The van der Waals surface area contributed by atoms with Gasteiger partial charge in [0, 0.05) is 12.6 Å². The van der Waals surface area contributed by atoms with Crippen LogP contribution in [0, 0.1) is 0 Å². The zero-order valence-corrected chi connectivity index (χ0v) is 13.7. The Morgan fingerprint density at radius 1 is 1.00 bits per heavy atom. The summed E-state index contributed by atoms with van der Waals surface area (Å²) in [5.74, 6) is 0.872. The fourth-order valence-electron chi connectivity index (χ4n) is 2.55. The van der Waals surface area contributed by atoms with Gasteiger partial charge in [0.2, 0.25) is 0 Å². The van der Waals surface area contributed by atoms with Crippen molar-refractivity contribution in [2.45, 2.75) is 19.1 Å². The molecular formula is C19H25NO2. The molecule has 0 saturated carbocycles. The molecule has 0 saturated heterocycles. The summed E-state index contributed by atoms with van der Waals surface area (Å²) in [5, 5.41) is 0. The third-order valence-corrected chi connectivity index (χ3v) is 3.75. The number of rotatable bonds is 8. The van der Waals surface area contributed by atoms with Crippen molar-refractivity contribution in [2.24, 2.45) is 0 Å². The van der Waals surface area contributed by atoms with Gasteiger partial charge < -0.3 is 14.4 Å².